The molecule has 1 saturated heterocycles. The Kier molecular flexibility index (Phi) is 9.17. The molecule has 1 aliphatic rings. The SMILES string of the molecule is CCNC(=NCCc1ccc(Br)o1)NC1CCN(c2ncccc2Cl)C1.I. The van der Waals surface area contributed by atoms with Crippen molar-refractivity contribution in [2.45, 2.75) is 25.8 Å². The Morgan fingerprint density at radius 3 is 3.00 bits per heavy atom. The zero-order chi connectivity index (χ0) is 18.4. The van der Waals surface area contributed by atoms with Gasteiger partial charge in [0, 0.05) is 44.8 Å². The number of hydrogen-bond acceptors (Lipinski definition) is 4. The van der Waals surface area contributed by atoms with Gasteiger partial charge in [0.2, 0.25) is 0 Å². The normalized spacial score (nSPS) is 16.9. The van der Waals surface area contributed by atoms with E-state index in [-0.39, 0.29) is 24.0 Å². The molecular weight excluding hydrogens is 544 g/mol. The van der Waals surface area contributed by atoms with Gasteiger partial charge in [0.25, 0.3) is 0 Å². The van der Waals surface area contributed by atoms with Crippen LogP contribution in [0.4, 0.5) is 5.82 Å². The quantitative estimate of drug-likeness (QED) is 0.312. The fourth-order valence-corrected chi connectivity index (χ4v) is 3.54. The number of anilines is 1. The van der Waals surface area contributed by atoms with E-state index in [1.54, 1.807) is 6.20 Å². The van der Waals surface area contributed by atoms with Crippen LogP contribution in [0.3, 0.4) is 0 Å². The molecule has 0 amide bonds. The maximum Gasteiger partial charge on any atom is 0.191 e. The third-order valence-corrected chi connectivity index (χ3v) is 4.89. The highest BCUT2D eigenvalue weighted by atomic mass is 127. The summed E-state index contributed by atoms with van der Waals surface area (Å²) in [6, 6.07) is 7.90. The van der Waals surface area contributed by atoms with Gasteiger partial charge in [-0.05, 0) is 53.5 Å². The number of hydrogen-bond donors (Lipinski definition) is 2. The highest BCUT2D eigenvalue weighted by molar-refractivity contribution is 14.0. The van der Waals surface area contributed by atoms with E-state index in [0.29, 0.717) is 17.6 Å². The predicted molar refractivity (Wildman–Crippen MR) is 125 cm³/mol. The van der Waals surface area contributed by atoms with Crippen molar-refractivity contribution in [3.8, 4) is 0 Å². The third-order valence-electron chi connectivity index (χ3n) is 4.17. The van der Waals surface area contributed by atoms with Crippen molar-refractivity contribution in [3.05, 3.63) is 45.9 Å². The number of pyridine rings is 1. The zero-order valence-electron chi connectivity index (χ0n) is 15.1. The molecule has 2 aromatic heterocycles. The van der Waals surface area contributed by atoms with Crippen LogP contribution in [0, 0.1) is 0 Å². The fraction of sp³-hybridized carbons (Fsp3) is 0.444. The van der Waals surface area contributed by atoms with Crippen molar-refractivity contribution < 1.29 is 4.42 Å². The van der Waals surface area contributed by atoms with E-state index in [9.17, 15) is 0 Å². The second-order valence-corrected chi connectivity index (χ2v) is 7.29. The number of nitrogens with one attached hydrogen (secondary N) is 2. The summed E-state index contributed by atoms with van der Waals surface area (Å²) in [5.41, 5.74) is 0. The molecule has 1 aliphatic heterocycles. The molecule has 1 fully saturated rings. The molecule has 27 heavy (non-hydrogen) atoms. The zero-order valence-corrected chi connectivity index (χ0v) is 19.8. The molecule has 1 atom stereocenters. The third kappa shape index (κ3) is 6.53. The van der Waals surface area contributed by atoms with Crippen LogP contribution in [0.2, 0.25) is 5.02 Å². The largest absolute Gasteiger partial charge is 0.454 e. The van der Waals surface area contributed by atoms with E-state index in [4.69, 9.17) is 16.0 Å². The minimum absolute atomic E-state index is 0. The first-order valence-corrected chi connectivity index (χ1v) is 9.97. The summed E-state index contributed by atoms with van der Waals surface area (Å²) < 4.78 is 6.26. The van der Waals surface area contributed by atoms with E-state index >= 15 is 0 Å². The van der Waals surface area contributed by atoms with Crippen molar-refractivity contribution in [3.63, 3.8) is 0 Å². The van der Waals surface area contributed by atoms with Crippen LogP contribution < -0.4 is 15.5 Å². The molecule has 2 aromatic rings. The standard InChI is InChI=1S/C18H23BrClN5O.HI/c1-2-21-18(23-10-7-14-5-6-16(19)26-14)24-13-8-11-25(12-13)17-15(20)4-3-9-22-17;/h3-6,9,13H,2,7-8,10-12H2,1H3,(H2,21,23,24);1H. The molecule has 0 saturated carbocycles. The first-order valence-electron chi connectivity index (χ1n) is 8.80. The number of aromatic nitrogens is 1. The molecule has 6 nitrogen and oxygen atoms in total. The van der Waals surface area contributed by atoms with Crippen molar-refractivity contribution in [2.24, 2.45) is 4.99 Å². The summed E-state index contributed by atoms with van der Waals surface area (Å²) in [6.45, 7) is 5.33. The van der Waals surface area contributed by atoms with Gasteiger partial charge in [-0.3, -0.25) is 4.99 Å². The minimum Gasteiger partial charge on any atom is -0.454 e. The fourth-order valence-electron chi connectivity index (χ4n) is 2.96. The van der Waals surface area contributed by atoms with Gasteiger partial charge in [-0.2, -0.15) is 0 Å². The summed E-state index contributed by atoms with van der Waals surface area (Å²) in [7, 11) is 0. The maximum absolute atomic E-state index is 6.26. The summed E-state index contributed by atoms with van der Waals surface area (Å²) in [6.07, 6.45) is 3.56. The lowest BCUT2D eigenvalue weighted by Gasteiger charge is -2.20. The van der Waals surface area contributed by atoms with E-state index in [2.05, 4.69) is 48.4 Å². The van der Waals surface area contributed by atoms with Crippen molar-refractivity contribution in [2.75, 3.05) is 31.1 Å². The molecule has 0 bridgehead atoms. The Labute approximate surface area is 190 Å². The van der Waals surface area contributed by atoms with E-state index < -0.39 is 0 Å². The average Bonchev–Trinajstić information content (AvgIpc) is 3.25. The molecule has 1 unspecified atom stereocenters. The molecule has 148 valence electrons. The summed E-state index contributed by atoms with van der Waals surface area (Å²) in [4.78, 5) is 11.3. The van der Waals surface area contributed by atoms with Crippen LogP contribution in [0.1, 0.15) is 19.1 Å². The van der Waals surface area contributed by atoms with Crippen LogP contribution in [0.15, 0.2) is 44.5 Å². The number of rotatable bonds is 6. The van der Waals surface area contributed by atoms with Gasteiger partial charge in [-0.15, -0.1) is 24.0 Å². The maximum atomic E-state index is 6.26. The Bertz CT molecular complexity index is 757. The first kappa shape index (κ1) is 22.3. The topological polar surface area (TPSA) is 65.7 Å². The Morgan fingerprint density at radius 2 is 2.30 bits per heavy atom. The van der Waals surface area contributed by atoms with Crippen LogP contribution in [-0.4, -0.2) is 43.2 Å². The number of furan rings is 1. The Balaban J connectivity index is 0.00000261. The van der Waals surface area contributed by atoms with Gasteiger partial charge in [0.15, 0.2) is 10.6 Å². The van der Waals surface area contributed by atoms with Crippen LogP contribution >= 0.6 is 51.5 Å². The Hall–Kier alpha value is -1.000. The van der Waals surface area contributed by atoms with Gasteiger partial charge < -0.3 is 20.0 Å². The molecule has 0 aliphatic carbocycles. The molecule has 3 heterocycles. The number of aliphatic imine (C=N–C) groups is 1. The lowest BCUT2D eigenvalue weighted by molar-refractivity contribution is 0.489. The Morgan fingerprint density at radius 1 is 1.44 bits per heavy atom. The molecule has 0 spiro atoms. The van der Waals surface area contributed by atoms with E-state index in [1.165, 1.54) is 0 Å². The van der Waals surface area contributed by atoms with Gasteiger partial charge in [-0.1, -0.05) is 11.6 Å². The monoisotopic (exact) mass is 567 g/mol. The van der Waals surface area contributed by atoms with Gasteiger partial charge in [0.1, 0.15) is 11.6 Å². The molecule has 9 heteroatoms. The molecule has 0 aromatic carbocycles. The van der Waals surface area contributed by atoms with Crippen LogP contribution in [0.25, 0.3) is 0 Å². The smallest absolute Gasteiger partial charge is 0.191 e. The van der Waals surface area contributed by atoms with Gasteiger partial charge in [-0.25, -0.2) is 4.98 Å². The van der Waals surface area contributed by atoms with E-state index in [0.717, 1.165) is 54.7 Å². The molecular formula is C18H24BrClIN5O. The van der Waals surface area contributed by atoms with E-state index in [1.807, 2.05) is 24.3 Å². The molecule has 0 radical (unpaired) electrons. The minimum atomic E-state index is 0. The highest BCUT2D eigenvalue weighted by Crippen LogP contribution is 2.25. The first-order chi connectivity index (χ1) is 12.7. The van der Waals surface area contributed by atoms with Crippen molar-refractivity contribution in [1.29, 1.82) is 0 Å². The summed E-state index contributed by atoms with van der Waals surface area (Å²) in [5.74, 6) is 2.61. The van der Waals surface area contributed by atoms with Gasteiger partial charge >= 0.3 is 0 Å². The molecule has 2 N–H and O–H groups in total. The number of halogens is 3. The second-order valence-electron chi connectivity index (χ2n) is 6.10. The number of nitrogens with zero attached hydrogens (tertiary/aromatic N) is 3. The van der Waals surface area contributed by atoms with Crippen molar-refractivity contribution >= 4 is 63.3 Å². The number of guanidine groups is 1. The lowest BCUT2D eigenvalue weighted by Crippen LogP contribution is -2.44. The predicted octanol–water partition coefficient (Wildman–Crippen LogP) is 4.09. The summed E-state index contributed by atoms with van der Waals surface area (Å²) >= 11 is 9.58. The lowest BCUT2D eigenvalue weighted by atomic mass is 10.3. The van der Waals surface area contributed by atoms with Gasteiger partial charge in [0.05, 0.1) is 5.02 Å². The average molecular weight is 569 g/mol. The highest BCUT2D eigenvalue weighted by Gasteiger charge is 2.25. The summed E-state index contributed by atoms with van der Waals surface area (Å²) in [5, 5.41) is 7.51. The van der Waals surface area contributed by atoms with Crippen LogP contribution in [0.5, 0.6) is 0 Å². The second kappa shape index (κ2) is 11.1. The molecule has 3 rings (SSSR count). The van der Waals surface area contributed by atoms with Crippen LogP contribution in [-0.2, 0) is 6.42 Å². The van der Waals surface area contributed by atoms with Crippen molar-refractivity contribution in [1.82, 2.24) is 15.6 Å².